The second-order valence-electron chi connectivity index (χ2n) is 4.88. The van der Waals surface area contributed by atoms with Crippen LogP contribution in [0, 0.1) is 6.54 Å². The Bertz CT molecular complexity index is 510. The number of aliphatic hydroxyl groups is 1. The molecule has 1 aromatic rings. The summed E-state index contributed by atoms with van der Waals surface area (Å²) in [5.41, 5.74) is 6.51. The molecular formula is C15H20N3O4. The molecule has 3 N–H and O–H groups in total. The summed E-state index contributed by atoms with van der Waals surface area (Å²) in [6, 6.07) is 6.75. The predicted octanol–water partition coefficient (Wildman–Crippen LogP) is 0.978. The topological polar surface area (TPSA) is 97.4 Å². The van der Waals surface area contributed by atoms with Crippen LogP contribution in [0.4, 0.5) is 0 Å². The van der Waals surface area contributed by atoms with Crippen molar-refractivity contribution in [2.45, 2.75) is 25.9 Å². The van der Waals surface area contributed by atoms with Crippen LogP contribution in [-0.4, -0.2) is 35.1 Å². The smallest absolute Gasteiger partial charge is 0.372 e. The highest BCUT2D eigenvalue weighted by molar-refractivity contribution is 5.79. The van der Waals surface area contributed by atoms with E-state index in [9.17, 15) is 4.79 Å². The number of nitrogens with zero attached hydrogens (tertiary/aromatic N) is 2. The highest BCUT2D eigenvalue weighted by Gasteiger charge is 2.14. The number of ether oxygens (including phenoxy) is 1. The molecule has 1 aliphatic heterocycles. The van der Waals surface area contributed by atoms with E-state index < -0.39 is 5.97 Å². The third kappa shape index (κ3) is 4.92. The van der Waals surface area contributed by atoms with Crippen LogP contribution < -0.4 is 10.5 Å². The Hall–Kier alpha value is -2.28. The Balaban J connectivity index is 1.74. The Kier molecular flexibility index (Phi) is 6.02. The maximum absolute atomic E-state index is 11.5. The van der Waals surface area contributed by atoms with E-state index >= 15 is 0 Å². The number of aliphatic hydroxyl groups excluding tert-OH is 1. The van der Waals surface area contributed by atoms with Gasteiger partial charge >= 0.3 is 5.97 Å². The summed E-state index contributed by atoms with van der Waals surface area (Å²) >= 11 is 0. The largest absolute Gasteiger partial charge is 0.482 e. The Morgan fingerprint density at radius 3 is 2.73 bits per heavy atom. The fourth-order valence-corrected chi connectivity index (χ4v) is 1.98. The van der Waals surface area contributed by atoms with E-state index in [-0.39, 0.29) is 19.2 Å². The van der Waals surface area contributed by atoms with Gasteiger partial charge < -0.3 is 25.3 Å². The van der Waals surface area contributed by atoms with Crippen LogP contribution in [-0.2, 0) is 16.2 Å². The van der Waals surface area contributed by atoms with Gasteiger partial charge in [-0.2, -0.15) is 0 Å². The summed E-state index contributed by atoms with van der Waals surface area (Å²) in [5.74, 6) is 0.0435. The fourth-order valence-electron chi connectivity index (χ4n) is 1.98. The minimum Gasteiger partial charge on any atom is -0.482 e. The molecule has 0 saturated carbocycles. The summed E-state index contributed by atoms with van der Waals surface area (Å²) in [5, 5.41) is 12.5. The van der Waals surface area contributed by atoms with E-state index in [0.29, 0.717) is 5.75 Å². The van der Waals surface area contributed by atoms with Gasteiger partial charge in [-0.05, 0) is 42.1 Å². The monoisotopic (exact) mass is 306 g/mol. The average Bonchev–Trinajstić information content (AvgIpc) is 2.59. The van der Waals surface area contributed by atoms with Gasteiger partial charge in [-0.15, -0.1) is 0 Å². The van der Waals surface area contributed by atoms with Gasteiger partial charge in [0.1, 0.15) is 5.75 Å². The zero-order valence-electron chi connectivity index (χ0n) is 12.3. The van der Waals surface area contributed by atoms with E-state index in [1.807, 2.05) is 6.54 Å². The van der Waals surface area contributed by atoms with Crippen molar-refractivity contribution in [3.05, 3.63) is 36.4 Å². The van der Waals surface area contributed by atoms with Crippen molar-refractivity contribution in [1.82, 2.24) is 4.90 Å². The minimum absolute atomic E-state index is 0.0379. The average molecular weight is 306 g/mol. The first-order valence-electron chi connectivity index (χ1n) is 7.15. The van der Waals surface area contributed by atoms with Gasteiger partial charge in [-0.25, -0.2) is 4.79 Å². The number of benzene rings is 1. The van der Waals surface area contributed by atoms with Crippen LogP contribution in [0.25, 0.3) is 0 Å². The number of carbonyl (C=O) groups excluding carboxylic acids is 1. The van der Waals surface area contributed by atoms with Crippen LogP contribution in [0.3, 0.4) is 0 Å². The molecule has 1 radical (unpaired) electrons. The molecular weight excluding hydrogens is 286 g/mol. The van der Waals surface area contributed by atoms with Gasteiger partial charge in [-0.1, -0.05) is 12.1 Å². The molecule has 1 heterocycles. The van der Waals surface area contributed by atoms with Crippen LogP contribution in [0.1, 0.15) is 24.8 Å². The van der Waals surface area contributed by atoms with Gasteiger partial charge in [0.15, 0.2) is 6.61 Å². The minimum atomic E-state index is -0.633. The van der Waals surface area contributed by atoms with Gasteiger partial charge in [-0.3, -0.25) is 0 Å². The Morgan fingerprint density at radius 2 is 2.09 bits per heavy atom. The third-order valence-electron chi connectivity index (χ3n) is 3.20. The molecule has 1 fully saturated rings. The summed E-state index contributed by atoms with van der Waals surface area (Å²) in [6.45, 7) is 2.42. The quantitative estimate of drug-likeness (QED) is 0.364. The molecule has 0 aromatic heterocycles. The standard InChI is InChI=1S/C15H20N3O4/c16-15(18-8-2-1-3-9-18)17-22-14(20)11-21-13-6-4-12(10-19)5-7-13/h4-8,19H,1-3,9-11H2,(H2,16,17). The van der Waals surface area contributed by atoms with E-state index in [2.05, 4.69) is 5.16 Å². The number of rotatable bonds is 5. The van der Waals surface area contributed by atoms with Crippen molar-refractivity contribution in [3.63, 3.8) is 0 Å². The first-order valence-corrected chi connectivity index (χ1v) is 7.15. The molecule has 0 unspecified atom stereocenters. The van der Waals surface area contributed by atoms with Gasteiger partial charge in [0.2, 0.25) is 5.96 Å². The molecule has 1 aromatic carbocycles. The van der Waals surface area contributed by atoms with E-state index in [1.54, 1.807) is 29.2 Å². The molecule has 0 bridgehead atoms. The molecule has 0 atom stereocenters. The fraction of sp³-hybridized carbons (Fsp3) is 0.400. The molecule has 1 saturated heterocycles. The lowest BCUT2D eigenvalue weighted by Gasteiger charge is -2.25. The zero-order chi connectivity index (χ0) is 15.8. The predicted molar refractivity (Wildman–Crippen MR) is 80.4 cm³/mol. The number of hydrogen-bond donors (Lipinski definition) is 2. The highest BCUT2D eigenvalue weighted by atomic mass is 16.7. The molecule has 0 spiro atoms. The van der Waals surface area contributed by atoms with Crippen LogP contribution in [0.2, 0.25) is 0 Å². The number of oxime groups is 1. The van der Waals surface area contributed by atoms with Crippen molar-refractivity contribution in [2.24, 2.45) is 10.9 Å². The molecule has 22 heavy (non-hydrogen) atoms. The number of carbonyl (C=O) groups is 1. The van der Waals surface area contributed by atoms with Gasteiger partial charge in [0.25, 0.3) is 0 Å². The van der Waals surface area contributed by atoms with Crippen LogP contribution in [0.15, 0.2) is 29.4 Å². The summed E-state index contributed by atoms with van der Waals surface area (Å²) in [7, 11) is 0. The molecule has 0 aliphatic carbocycles. The lowest BCUT2D eigenvalue weighted by Crippen LogP contribution is -2.38. The molecule has 7 nitrogen and oxygen atoms in total. The van der Waals surface area contributed by atoms with E-state index in [4.69, 9.17) is 20.4 Å². The number of likely N-dealkylation sites (tertiary alicyclic amines) is 1. The van der Waals surface area contributed by atoms with Crippen molar-refractivity contribution < 1.29 is 19.5 Å². The summed E-state index contributed by atoms with van der Waals surface area (Å²) in [4.78, 5) is 18.0. The first-order chi connectivity index (χ1) is 10.7. The van der Waals surface area contributed by atoms with Crippen molar-refractivity contribution in [2.75, 3.05) is 13.2 Å². The second kappa shape index (κ2) is 8.23. The molecule has 0 amide bonds. The number of nitrogens with two attached hydrogens (primary N) is 1. The lowest BCUT2D eigenvalue weighted by molar-refractivity contribution is -0.146. The zero-order valence-corrected chi connectivity index (χ0v) is 12.3. The first kappa shape index (κ1) is 16.1. The number of guanidine groups is 1. The maximum Gasteiger partial charge on any atom is 0.372 e. The van der Waals surface area contributed by atoms with E-state index in [0.717, 1.165) is 31.4 Å². The van der Waals surface area contributed by atoms with Gasteiger partial charge in [0, 0.05) is 6.54 Å². The summed E-state index contributed by atoms with van der Waals surface area (Å²) < 4.78 is 5.26. The number of piperidine rings is 1. The van der Waals surface area contributed by atoms with Crippen molar-refractivity contribution in [3.8, 4) is 5.75 Å². The molecule has 119 valence electrons. The lowest BCUT2D eigenvalue weighted by atomic mass is 10.1. The molecule has 2 rings (SSSR count). The third-order valence-corrected chi connectivity index (χ3v) is 3.20. The maximum atomic E-state index is 11.5. The van der Waals surface area contributed by atoms with E-state index in [1.165, 1.54) is 0 Å². The normalized spacial score (nSPS) is 15.5. The SMILES string of the molecule is NC(=NOC(=O)COc1ccc(CO)cc1)N1[CH]CCCC1. The second-order valence-corrected chi connectivity index (χ2v) is 4.88. The summed E-state index contributed by atoms with van der Waals surface area (Å²) in [6.07, 6.45) is 3.11. The van der Waals surface area contributed by atoms with Crippen LogP contribution >= 0.6 is 0 Å². The Labute approximate surface area is 129 Å². The van der Waals surface area contributed by atoms with Crippen molar-refractivity contribution in [1.29, 1.82) is 0 Å². The van der Waals surface area contributed by atoms with Gasteiger partial charge in [0.05, 0.1) is 13.2 Å². The Morgan fingerprint density at radius 1 is 1.32 bits per heavy atom. The number of hydrogen-bond acceptors (Lipinski definition) is 5. The molecule has 1 aliphatic rings. The highest BCUT2D eigenvalue weighted by Crippen LogP contribution is 2.13. The van der Waals surface area contributed by atoms with Crippen molar-refractivity contribution >= 4 is 11.9 Å². The van der Waals surface area contributed by atoms with Crippen LogP contribution in [0.5, 0.6) is 5.75 Å². The molecule has 7 heteroatoms.